The molecule has 0 spiro atoms. The summed E-state index contributed by atoms with van der Waals surface area (Å²) in [5.74, 6) is 0. The summed E-state index contributed by atoms with van der Waals surface area (Å²) in [6, 6.07) is 0. The lowest BCUT2D eigenvalue weighted by atomic mass is 10.4. The lowest BCUT2D eigenvalue weighted by Gasteiger charge is -1.96. The van der Waals surface area contributed by atoms with Gasteiger partial charge in [-0.3, -0.25) is 4.98 Å². The molecule has 2 N–H and O–H groups in total. The van der Waals surface area contributed by atoms with Gasteiger partial charge in [-0.1, -0.05) is 11.6 Å². The highest BCUT2D eigenvalue weighted by atomic mass is 79.9. The Labute approximate surface area is 78.3 Å². The predicted octanol–water partition coefficient (Wildman–Crippen LogP) is 2.50. The highest BCUT2D eigenvalue weighted by Gasteiger charge is 1.98. The van der Waals surface area contributed by atoms with Crippen molar-refractivity contribution < 1.29 is 0 Å². The first-order valence-corrected chi connectivity index (χ1v) is 3.43. The summed E-state index contributed by atoms with van der Waals surface area (Å²) in [4.78, 5) is 3.76. The molecule has 0 radical (unpaired) electrons. The SMILES string of the molecule is Cl.Nc1cncc(Cl)c1Br. The fourth-order valence-corrected chi connectivity index (χ4v) is 0.804. The highest BCUT2D eigenvalue weighted by Crippen LogP contribution is 2.25. The Morgan fingerprint density at radius 1 is 1.50 bits per heavy atom. The van der Waals surface area contributed by atoms with Crippen molar-refractivity contribution >= 4 is 45.6 Å². The second kappa shape index (κ2) is 4.01. The van der Waals surface area contributed by atoms with Crippen LogP contribution in [0.2, 0.25) is 5.02 Å². The molecule has 0 unspecified atom stereocenters. The van der Waals surface area contributed by atoms with Crippen molar-refractivity contribution in [1.82, 2.24) is 4.98 Å². The van der Waals surface area contributed by atoms with E-state index in [-0.39, 0.29) is 12.4 Å². The summed E-state index contributed by atoms with van der Waals surface area (Å²) >= 11 is 8.81. The Bertz CT molecular complexity index is 209. The van der Waals surface area contributed by atoms with Crippen LogP contribution in [0.15, 0.2) is 16.9 Å². The molecular formula is C5H5BrCl2N2. The smallest absolute Gasteiger partial charge is 0.0752 e. The number of anilines is 1. The third-order valence-corrected chi connectivity index (χ3v) is 2.26. The standard InChI is InChI=1S/C5H4BrClN2.ClH/c6-5-3(7)1-9-2-4(5)8;/h1-2H,8H2;1H. The van der Waals surface area contributed by atoms with Crippen LogP contribution < -0.4 is 5.73 Å². The topological polar surface area (TPSA) is 38.9 Å². The first kappa shape index (κ1) is 10.0. The van der Waals surface area contributed by atoms with Crippen LogP contribution in [0.5, 0.6) is 0 Å². The van der Waals surface area contributed by atoms with Crippen molar-refractivity contribution in [2.45, 2.75) is 0 Å². The van der Waals surface area contributed by atoms with E-state index in [1.807, 2.05) is 0 Å². The molecule has 2 nitrogen and oxygen atoms in total. The second-order valence-corrected chi connectivity index (χ2v) is 2.72. The highest BCUT2D eigenvalue weighted by molar-refractivity contribution is 9.10. The van der Waals surface area contributed by atoms with Gasteiger partial charge in [0.25, 0.3) is 0 Å². The monoisotopic (exact) mass is 242 g/mol. The van der Waals surface area contributed by atoms with Crippen LogP contribution in [-0.4, -0.2) is 4.98 Å². The predicted molar refractivity (Wildman–Crippen MR) is 48.6 cm³/mol. The Balaban J connectivity index is 0.000000810. The molecule has 0 saturated heterocycles. The van der Waals surface area contributed by atoms with E-state index in [2.05, 4.69) is 20.9 Å². The number of rotatable bonds is 0. The summed E-state index contributed by atoms with van der Waals surface area (Å²) in [6.07, 6.45) is 3.07. The van der Waals surface area contributed by atoms with Crippen LogP contribution in [0.4, 0.5) is 5.69 Å². The molecule has 0 aliphatic heterocycles. The van der Waals surface area contributed by atoms with Crippen LogP contribution in [0.1, 0.15) is 0 Å². The zero-order valence-corrected chi connectivity index (χ0v) is 8.00. The molecule has 0 amide bonds. The summed E-state index contributed by atoms with van der Waals surface area (Å²) in [7, 11) is 0. The van der Waals surface area contributed by atoms with Crippen LogP contribution in [0.3, 0.4) is 0 Å². The lowest BCUT2D eigenvalue weighted by molar-refractivity contribution is 1.32. The van der Waals surface area contributed by atoms with E-state index in [1.54, 1.807) is 0 Å². The Hall–Kier alpha value is 0.01000. The van der Waals surface area contributed by atoms with Gasteiger partial charge >= 0.3 is 0 Å². The summed E-state index contributed by atoms with van der Waals surface area (Å²) in [6.45, 7) is 0. The van der Waals surface area contributed by atoms with Crippen LogP contribution in [-0.2, 0) is 0 Å². The van der Waals surface area contributed by atoms with Gasteiger partial charge in [-0.05, 0) is 15.9 Å². The number of aromatic nitrogens is 1. The zero-order valence-electron chi connectivity index (χ0n) is 4.84. The first-order chi connectivity index (χ1) is 4.22. The number of nitrogen functional groups attached to an aromatic ring is 1. The molecule has 0 aromatic carbocycles. The van der Waals surface area contributed by atoms with E-state index in [0.717, 1.165) is 0 Å². The largest absolute Gasteiger partial charge is 0.397 e. The van der Waals surface area contributed by atoms with E-state index in [4.69, 9.17) is 17.3 Å². The minimum atomic E-state index is 0. The number of hydrogen-bond acceptors (Lipinski definition) is 2. The minimum Gasteiger partial charge on any atom is -0.397 e. The number of hydrogen-bond donors (Lipinski definition) is 1. The molecule has 0 saturated carbocycles. The summed E-state index contributed by atoms with van der Waals surface area (Å²) in [5.41, 5.74) is 5.98. The van der Waals surface area contributed by atoms with Crippen molar-refractivity contribution in [3.05, 3.63) is 21.9 Å². The fraction of sp³-hybridized carbons (Fsp3) is 0. The van der Waals surface area contributed by atoms with Gasteiger partial charge in [0.1, 0.15) is 0 Å². The quantitative estimate of drug-likeness (QED) is 0.761. The van der Waals surface area contributed by atoms with Gasteiger partial charge in [0.05, 0.1) is 21.4 Å². The Kier molecular flexibility index (Phi) is 4.01. The van der Waals surface area contributed by atoms with Gasteiger partial charge in [-0.2, -0.15) is 0 Å². The molecular weight excluding hydrogens is 239 g/mol. The minimum absolute atomic E-state index is 0. The van der Waals surface area contributed by atoms with Crippen molar-refractivity contribution in [3.63, 3.8) is 0 Å². The first-order valence-electron chi connectivity index (χ1n) is 2.26. The molecule has 0 aliphatic carbocycles. The maximum Gasteiger partial charge on any atom is 0.0752 e. The van der Waals surface area contributed by atoms with E-state index >= 15 is 0 Å². The molecule has 56 valence electrons. The van der Waals surface area contributed by atoms with Crippen LogP contribution >= 0.6 is 39.9 Å². The fourth-order valence-electron chi connectivity index (χ4n) is 0.434. The van der Waals surface area contributed by atoms with Crippen LogP contribution in [0, 0.1) is 0 Å². The molecule has 0 aliphatic rings. The molecule has 0 fully saturated rings. The summed E-state index contributed by atoms with van der Waals surface area (Å²) < 4.78 is 0.708. The van der Waals surface area contributed by atoms with Crippen molar-refractivity contribution in [1.29, 1.82) is 0 Å². The maximum absolute atomic E-state index is 5.62. The number of nitrogens with two attached hydrogens (primary N) is 1. The van der Waals surface area contributed by atoms with Crippen LogP contribution in [0.25, 0.3) is 0 Å². The van der Waals surface area contributed by atoms with E-state index in [9.17, 15) is 0 Å². The molecule has 5 heteroatoms. The number of halogens is 3. The van der Waals surface area contributed by atoms with E-state index in [1.165, 1.54) is 12.4 Å². The normalized spacial score (nSPS) is 8.60. The Morgan fingerprint density at radius 3 is 2.50 bits per heavy atom. The average molecular weight is 244 g/mol. The second-order valence-electron chi connectivity index (χ2n) is 1.52. The van der Waals surface area contributed by atoms with Gasteiger partial charge < -0.3 is 5.73 Å². The van der Waals surface area contributed by atoms with Gasteiger partial charge in [0.15, 0.2) is 0 Å². The molecule has 1 heterocycles. The molecule has 1 aromatic rings. The van der Waals surface area contributed by atoms with Gasteiger partial charge in [0, 0.05) is 6.20 Å². The Morgan fingerprint density at radius 2 is 2.10 bits per heavy atom. The van der Waals surface area contributed by atoms with Gasteiger partial charge in [0.2, 0.25) is 0 Å². The molecule has 0 bridgehead atoms. The molecule has 1 aromatic heterocycles. The van der Waals surface area contributed by atoms with Crippen molar-refractivity contribution in [3.8, 4) is 0 Å². The summed E-state index contributed by atoms with van der Waals surface area (Å²) in [5, 5.41) is 0.537. The maximum atomic E-state index is 5.62. The number of pyridine rings is 1. The van der Waals surface area contributed by atoms with Crippen molar-refractivity contribution in [2.24, 2.45) is 0 Å². The van der Waals surface area contributed by atoms with Gasteiger partial charge in [-0.15, -0.1) is 12.4 Å². The van der Waals surface area contributed by atoms with E-state index < -0.39 is 0 Å². The third-order valence-electron chi connectivity index (χ3n) is 0.865. The van der Waals surface area contributed by atoms with Gasteiger partial charge in [-0.25, -0.2) is 0 Å². The average Bonchev–Trinajstić information content (AvgIpc) is 1.83. The lowest BCUT2D eigenvalue weighted by Crippen LogP contribution is -1.87. The zero-order chi connectivity index (χ0) is 6.85. The molecule has 0 atom stereocenters. The molecule has 1 rings (SSSR count). The van der Waals surface area contributed by atoms with Crippen molar-refractivity contribution in [2.75, 3.05) is 5.73 Å². The van der Waals surface area contributed by atoms with E-state index in [0.29, 0.717) is 15.2 Å². The third kappa shape index (κ3) is 2.01. The molecule has 10 heavy (non-hydrogen) atoms. The number of nitrogens with zero attached hydrogens (tertiary/aromatic N) is 1.